The van der Waals surface area contributed by atoms with Crippen molar-refractivity contribution >= 4 is 0 Å². The first kappa shape index (κ1) is 12.0. The molecule has 1 aromatic rings. The van der Waals surface area contributed by atoms with Crippen LogP contribution >= 0.6 is 0 Å². The zero-order valence-corrected chi connectivity index (χ0v) is 10.0. The second-order valence-corrected chi connectivity index (χ2v) is 4.26. The molecule has 15 heavy (non-hydrogen) atoms. The summed E-state index contributed by atoms with van der Waals surface area (Å²) in [6.45, 7) is 10.4. The third kappa shape index (κ3) is 3.21. The van der Waals surface area contributed by atoms with E-state index in [1.54, 1.807) is 0 Å². The Morgan fingerprint density at radius 1 is 1.33 bits per heavy atom. The predicted molar refractivity (Wildman–Crippen MR) is 66.9 cm³/mol. The molecule has 1 atom stereocenters. The molecule has 1 unspecified atom stereocenters. The molecule has 1 heteroatoms. The minimum absolute atomic E-state index is 0.0942. The lowest BCUT2D eigenvalue weighted by atomic mass is 9.96. The number of hydrogen-bond donors (Lipinski definition) is 1. The standard InChI is InChI=1S/C14H21N/c1-5-10(2)8-14(15)13-7-6-11(3)12(4)9-13/h6-7,9,14H,2,5,8,15H2,1,3-4H3. The molecule has 0 bridgehead atoms. The van der Waals surface area contributed by atoms with Crippen molar-refractivity contribution in [3.63, 3.8) is 0 Å². The van der Waals surface area contributed by atoms with Crippen molar-refractivity contribution in [2.45, 2.75) is 39.7 Å². The highest BCUT2D eigenvalue weighted by Gasteiger charge is 2.07. The van der Waals surface area contributed by atoms with Crippen LogP contribution in [0.4, 0.5) is 0 Å². The summed E-state index contributed by atoms with van der Waals surface area (Å²) in [5.74, 6) is 0. The molecule has 0 saturated carbocycles. The zero-order chi connectivity index (χ0) is 11.4. The van der Waals surface area contributed by atoms with Crippen LogP contribution in [0.25, 0.3) is 0 Å². The highest BCUT2D eigenvalue weighted by molar-refractivity contribution is 5.32. The van der Waals surface area contributed by atoms with E-state index >= 15 is 0 Å². The zero-order valence-electron chi connectivity index (χ0n) is 10.0. The third-order valence-electron chi connectivity index (χ3n) is 2.97. The van der Waals surface area contributed by atoms with Crippen LogP contribution in [-0.4, -0.2) is 0 Å². The fraction of sp³-hybridized carbons (Fsp3) is 0.429. The lowest BCUT2D eigenvalue weighted by Crippen LogP contribution is -2.11. The monoisotopic (exact) mass is 203 g/mol. The van der Waals surface area contributed by atoms with E-state index in [9.17, 15) is 0 Å². The van der Waals surface area contributed by atoms with Crippen molar-refractivity contribution < 1.29 is 0 Å². The lowest BCUT2D eigenvalue weighted by molar-refractivity contribution is 0.700. The summed E-state index contributed by atoms with van der Waals surface area (Å²) in [5, 5.41) is 0. The quantitative estimate of drug-likeness (QED) is 0.742. The van der Waals surface area contributed by atoms with Crippen LogP contribution in [0.3, 0.4) is 0 Å². The molecule has 82 valence electrons. The van der Waals surface area contributed by atoms with Gasteiger partial charge in [0.15, 0.2) is 0 Å². The molecular formula is C14H21N. The molecule has 0 amide bonds. The van der Waals surface area contributed by atoms with Crippen LogP contribution in [0.15, 0.2) is 30.4 Å². The van der Waals surface area contributed by atoms with Crippen molar-refractivity contribution in [2.24, 2.45) is 5.73 Å². The summed E-state index contributed by atoms with van der Waals surface area (Å²) in [4.78, 5) is 0. The van der Waals surface area contributed by atoms with Gasteiger partial charge in [0.1, 0.15) is 0 Å². The molecule has 0 fully saturated rings. The Labute approximate surface area is 93.0 Å². The van der Waals surface area contributed by atoms with Crippen LogP contribution in [0, 0.1) is 13.8 Å². The minimum atomic E-state index is 0.0942. The molecule has 1 nitrogen and oxygen atoms in total. The Morgan fingerprint density at radius 2 is 2.00 bits per heavy atom. The molecule has 0 saturated heterocycles. The second kappa shape index (κ2) is 5.13. The highest BCUT2D eigenvalue weighted by Crippen LogP contribution is 2.21. The Bertz CT molecular complexity index is 352. The van der Waals surface area contributed by atoms with Crippen molar-refractivity contribution in [2.75, 3.05) is 0 Å². The van der Waals surface area contributed by atoms with Gasteiger partial charge in [-0.25, -0.2) is 0 Å². The number of hydrogen-bond acceptors (Lipinski definition) is 1. The van der Waals surface area contributed by atoms with Crippen LogP contribution < -0.4 is 5.73 Å². The van der Waals surface area contributed by atoms with Gasteiger partial charge in [0.2, 0.25) is 0 Å². The first-order valence-corrected chi connectivity index (χ1v) is 5.54. The van der Waals surface area contributed by atoms with Gasteiger partial charge in [0.05, 0.1) is 0 Å². The van der Waals surface area contributed by atoms with E-state index in [0.29, 0.717) is 0 Å². The van der Waals surface area contributed by atoms with Crippen LogP contribution in [-0.2, 0) is 0 Å². The van der Waals surface area contributed by atoms with Gasteiger partial charge in [0.25, 0.3) is 0 Å². The molecular weight excluding hydrogens is 182 g/mol. The largest absolute Gasteiger partial charge is 0.324 e. The molecule has 2 N–H and O–H groups in total. The van der Waals surface area contributed by atoms with E-state index in [1.165, 1.54) is 22.3 Å². The number of benzene rings is 1. The van der Waals surface area contributed by atoms with E-state index in [4.69, 9.17) is 5.73 Å². The van der Waals surface area contributed by atoms with Gasteiger partial charge in [-0.3, -0.25) is 0 Å². The smallest absolute Gasteiger partial charge is 0.0332 e. The number of rotatable bonds is 4. The first-order valence-electron chi connectivity index (χ1n) is 5.54. The van der Waals surface area contributed by atoms with Crippen LogP contribution in [0.5, 0.6) is 0 Å². The summed E-state index contributed by atoms with van der Waals surface area (Å²) < 4.78 is 0. The topological polar surface area (TPSA) is 26.0 Å². The molecule has 1 aromatic carbocycles. The summed E-state index contributed by atoms with van der Waals surface area (Å²) in [6, 6.07) is 6.54. The molecule has 0 aliphatic rings. The Hall–Kier alpha value is -1.08. The van der Waals surface area contributed by atoms with Gasteiger partial charge in [0, 0.05) is 6.04 Å². The summed E-state index contributed by atoms with van der Waals surface area (Å²) in [6.07, 6.45) is 1.90. The molecule has 1 rings (SSSR count). The van der Waals surface area contributed by atoms with Gasteiger partial charge in [-0.2, -0.15) is 0 Å². The fourth-order valence-corrected chi connectivity index (χ4v) is 1.57. The fourth-order valence-electron chi connectivity index (χ4n) is 1.57. The second-order valence-electron chi connectivity index (χ2n) is 4.26. The van der Waals surface area contributed by atoms with E-state index in [-0.39, 0.29) is 6.04 Å². The lowest BCUT2D eigenvalue weighted by Gasteiger charge is -2.14. The Morgan fingerprint density at radius 3 is 2.53 bits per heavy atom. The van der Waals surface area contributed by atoms with Gasteiger partial charge in [-0.15, -0.1) is 0 Å². The normalized spacial score (nSPS) is 12.5. The molecule has 0 radical (unpaired) electrons. The first-order chi connectivity index (χ1) is 7.04. The molecule has 0 aromatic heterocycles. The molecule has 0 spiro atoms. The van der Waals surface area contributed by atoms with E-state index in [1.807, 2.05) is 0 Å². The molecule has 0 heterocycles. The van der Waals surface area contributed by atoms with Crippen LogP contribution in [0.1, 0.15) is 42.5 Å². The number of aryl methyl sites for hydroxylation is 2. The van der Waals surface area contributed by atoms with E-state index in [0.717, 1.165) is 12.8 Å². The maximum absolute atomic E-state index is 6.13. The van der Waals surface area contributed by atoms with Crippen molar-refractivity contribution in [1.82, 2.24) is 0 Å². The Kier molecular flexibility index (Phi) is 4.10. The highest BCUT2D eigenvalue weighted by atomic mass is 14.6. The average molecular weight is 203 g/mol. The van der Waals surface area contributed by atoms with E-state index < -0.39 is 0 Å². The van der Waals surface area contributed by atoms with Crippen molar-refractivity contribution in [3.05, 3.63) is 47.0 Å². The van der Waals surface area contributed by atoms with Gasteiger partial charge >= 0.3 is 0 Å². The Balaban J connectivity index is 2.78. The summed E-state index contributed by atoms with van der Waals surface area (Å²) in [7, 11) is 0. The average Bonchev–Trinajstić information content (AvgIpc) is 2.21. The maximum atomic E-state index is 6.13. The third-order valence-corrected chi connectivity index (χ3v) is 2.97. The van der Waals surface area contributed by atoms with E-state index in [2.05, 4.69) is 45.5 Å². The summed E-state index contributed by atoms with van der Waals surface area (Å²) in [5.41, 5.74) is 11.2. The van der Waals surface area contributed by atoms with Crippen molar-refractivity contribution in [3.8, 4) is 0 Å². The minimum Gasteiger partial charge on any atom is -0.324 e. The molecule has 0 aliphatic carbocycles. The van der Waals surface area contributed by atoms with Crippen LogP contribution in [0.2, 0.25) is 0 Å². The summed E-state index contributed by atoms with van der Waals surface area (Å²) >= 11 is 0. The van der Waals surface area contributed by atoms with Gasteiger partial charge in [-0.1, -0.05) is 37.3 Å². The van der Waals surface area contributed by atoms with Gasteiger partial charge < -0.3 is 5.73 Å². The van der Waals surface area contributed by atoms with Crippen molar-refractivity contribution in [1.29, 1.82) is 0 Å². The number of nitrogens with two attached hydrogens (primary N) is 1. The predicted octanol–water partition coefficient (Wildman–Crippen LogP) is 3.66. The molecule has 0 aliphatic heterocycles. The maximum Gasteiger partial charge on any atom is 0.0332 e. The SMILES string of the molecule is C=C(CC)CC(N)c1ccc(C)c(C)c1. The van der Waals surface area contributed by atoms with Gasteiger partial charge in [-0.05, 0) is 43.4 Å².